The van der Waals surface area contributed by atoms with Crippen molar-refractivity contribution in [3.63, 3.8) is 0 Å². The maximum Gasteiger partial charge on any atom is 0.337 e. The minimum Gasteiger partial charge on any atom is -0.508 e. The standard InChI is InChI=1S/C13H14N2O4S/c1-6-10(12(18)19-2)11(15-13(20)14-6)8-4-3-7(16)5-9(8)17/h3-5,11,16-17H,1-2H3,(H2,14,15,20). The van der Waals surface area contributed by atoms with Crippen LogP contribution in [0, 0.1) is 0 Å². The second-order valence-corrected chi connectivity index (χ2v) is 4.71. The van der Waals surface area contributed by atoms with Crippen LogP contribution in [-0.4, -0.2) is 28.4 Å². The van der Waals surface area contributed by atoms with Gasteiger partial charge in [-0.15, -0.1) is 0 Å². The summed E-state index contributed by atoms with van der Waals surface area (Å²) in [6.45, 7) is 1.70. The molecular formula is C13H14N2O4S. The number of allylic oxidation sites excluding steroid dienone is 1. The highest BCUT2D eigenvalue weighted by molar-refractivity contribution is 7.80. The molecule has 1 heterocycles. The molecule has 0 bridgehead atoms. The number of thiocarbonyl (C=S) groups is 1. The fourth-order valence-corrected chi connectivity index (χ4v) is 2.35. The molecule has 1 aliphatic rings. The highest BCUT2D eigenvalue weighted by Crippen LogP contribution is 2.34. The monoisotopic (exact) mass is 294 g/mol. The molecule has 1 aromatic rings. The van der Waals surface area contributed by atoms with Crippen LogP contribution in [0.4, 0.5) is 0 Å². The van der Waals surface area contributed by atoms with Crippen molar-refractivity contribution < 1.29 is 19.7 Å². The number of esters is 1. The van der Waals surface area contributed by atoms with Gasteiger partial charge in [0.05, 0.1) is 18.7 Å². The summed E-state index contributed by atoms with van der Waals surface area (Å²) in [6, 6.07) is 3.50. The van der Waals surface area contributed by atoms with Gasteiger partial charge < -0.3 is 25.6 Å². The van der Waals surface area contributed by atoms with Crippen LogP contribution < -0.4 is 10.6 Å². The Labute approximate surface area is 121 Å². The van der Waals surface area contributed by atoms with Gasteiger partial charge in [-0.1, -0.05) is 0 Å². The smallest absolute Gasteiger partial charge is 0.337 e. The zero-order valence-electron chi connectivity index (χ0n) is 10.9. The lowest BCUT2D eigenvalue weighted by Gasteiger charge is -2.29. The van der Waals surface area contributed by atoms with Crippen LogP contribution in [0.5, 0.6) is 11.5 Å². The Bertz CT molecular complexity index is 612. The van der Waals surface area contributed by atoms with E-state index in [4.69, 9.17) is 17.0 Å². The van der Waals surface area contributed by atoms with Crippen LogP contribution in [-0.2, 0) is 9.53 Å². The normalized spacial score (nSPS) is 18.3. The zero-order chi connectivity index (χ0) is 14.9. The van der Waals surface area contributed by atoms with Crippen LogP contribution in [0.1, 0.15) is 18.5 Å². The third kappa shape index (κ3) is 2.53. The molecule has 1 aliphatic heterocycles. The second-order valence-electron chi connectivity index (χ2n) is 4.30. The molecule has 20 heavy (non-hydrogen) atoms. The zero-order valence-corrected chi connectivity index (χ0v) is 11.7. The predicted molar refractivity (Wildman–Crippen MR) is 76.1 cm³/mol. The summed E-state index contributed by atoms with van der Waals surface area (Å²) in [5.41, 5.74) is 1.30. The number of benzene rings is 1. The molecule has 106 valence electrons. The van der Waals surface area contributed by atoms with Crippen LogP contribution in [0.15, 0.2) is 29.5 Å². The van der Waals surface area contributed by atoms with Gasteiger partial charge in [-0.3, -0.25) is 0 Å². The fraction of sp³-hybridized carbons (Fsp3) is 0.231. The molecule has 1 unspecified atom stereocenters. The van der Waals surface area contributed by atoms with Crippen molar-refractivity contribution in [3.8, 4) is 11.5 Å². The lowest BCUT2D eigenvalue weighted by Crippen LogP contribution is -2.45. The lowest BCUT2D eigenvalue weighted by molar-refractivity contribution is -0.136. The number of phenolic OH excluding ortho intramolecular Hbond substituents is 2. The first-order valence-electron chi connectivity index (χ1n) is 5.82. The average molecular weight is 294 g/mol. The van der Waals surface area contributed by atoms with E-state index in [1.54, 1.807) is 6.92 Å². The number of rotatable bonds is 2. The number of aromatic hydroxyl groups is 2. The van der Waals surface area contributed by atoms with Crippen molar-refractivity contribution in [2.45, 2.75) is 13.0 Å². The molecule has 0 spiro atoms. The molecule has 0 radical (unpaired) electrons. The van der Waals surface area contributed by atoms with E-state index < -0.39 is 12.0 Å². The maximum atomic E-state index is 11.9. The second kappa shape index (κ2) is 5.38. The predicted octanol–water partition coefficient (Wildman–Crippen LogP) is 1.06. The molecule has 0 saturated carbocycles. The summed E-state index contributed by atoms with van der Waals surface area (Å²) >= 11 is 5.07. The molecule has 0 aromatic heterocycles. The number of phenols is 2. The number of nitrogens with one attached hydrogen (secondary N) is 2. The molecule has 0 fully saturated rings. The number of carbonyl (C=O) groups excluding carboxylic acids is 1. The molecule has 7 heteroatoms. The van der Waals surface area contributed by atoms with E-state index in [-0.39, 0.29) is 11.5 Å². The van der Waals surface area contributed by atoms with Crippen molar-refractivity contribution in [2.75, 3.05) is 7.11 Å². The highest BCUT2D eigenvalue weighted by Gasteiger charge is 2.32. The van der Waals surface area contributed by atoms with Gasteiger partial charge in [-0.05, 0) is 31.3 Å². The van der Waals surface area contributed by atoms with Gasteiger partial charge >= 0.3 is 5.97 Å². The van der Waals surface area contributed by atoms with E-state index in [0.717, 1.165) is 0 Å². The van der Waals surface area contributed by atoms with Crippen LogP contribution in [0.3, 0.4) is 0 Å². The molecule has 1 aromatic carbocycles. The molecule has 1 atom stereocenters. The Balaban J connectivity index is 2.54. The van der Waals surface area contributed by atoms with Crippen molar-refractivity contribution in [2.24, 2.45) is 0 Å². The Morgan fingerprint density at radius 3 is 2.70 bits per heavy atom. The molecule has 0 saturated heterocycles. The van der Waals surface area contributed by atoms with Gasteiger partial charge in [0.1, 0.15) is 11.5 Å². The van der Waals surface area contributed by atoms with Gasteiger partial charge in [-0.25, -0.2) is 4.79 Å². The van der Waals surface area contributed by atoms with Crippen molar-refractivity contribution in [3.05, 3.63) is 35.0 Å². The first-order valence-corrected chi connectivity index (χ1v) is 6.23. The minimum atomic E-state index is -0.642. The van der Waals surface area contributed by atoms with Crippen molar-refractivity contribution >= 4 is 23.3 Å². The summed E-state index contributed by atoms with van der Waals surface area (Å²) in [7, 11) is 1.28. The number of methoxy groups -OCH3 is 1. The fourth-order valence-electron chi connectivity index (χ4n) is 2.08. The number of hydrogen-bond acceptors (Lipinski definition) is 5. The highest BCUT2D eigenvalue weighted by atomic mass is 32.1. The molecular weight excluding hydrogens is 280 g/mol. The van der Waals surface area contributed by atoms with Crippen LogP contribution in [0.2, 0.25) is 0 Å². The van der Waals surface area contributed by atoms with E-state index in [1.165, 1.54) is 25.3 Å². The Morgan fingerprint density at radius 1 is 1.40 bits per heavy atom. The van der Waals surface area contributed by atoms with Crippen molar-refractivity contribution in [1.82, 2.24) is 10.6 Å². The molecule has 0 aliphatic carbocycles. The van der Waals surface area contributed by atoms with E-state index in [9.17, 15) is 15.0 Å². The quantitative estimate of drug-likeness (QED) is 0.479. The van der Waals surface area contributed by atoms with E-state index in [2.05, 4.69) is 10.6 Å². The van der Waals surface area contributed by atoms with Gasteiger partial charge in [0.2, 0.25) is 0 Å². The Hall–Kier alpha value is -2.28. The van der Waals surface area contributed by atoms with Gasteiger partial charge in [0.15, 0.2) is 5.11 Å². The summed E-state index contributed by atoms with van der Waals surface area (Å²) in [5, 5.41) is 25.4. The third-order valence-electron chi connectivity index (χ3n) is 3.00. The van der Waals surface area contributed by atoms with Gasteiger partial charge in [0, 0.05) is 17.3 Å². The average Bonchev–Trinajstić information content (AvgIpc) is 2.37. The number of carbonyl (C=O) groups is 1. The molecule has 6 nitrogen and oxygen atoms in total. The Morgan fingerprint density at radius 2 is 2.10 bits per heavy atom. The summed E-state index contributed by atoms with van der Waals surface area (Å²) < 4.78 is 4.76. The number of hydrogen-bond donors (Lipinski definition) is 4. The molecule has 4 N–H and O–H groups in total. The number of ether oxygens (including phenoxy) is 1. The first kappa shape index (κ1) is 14.1. The van der Waals surface area contributed by atoms with E-state index >= 15 is 0 Å². The maximum absolute atomic E-state index is 11.9. The van der Waals surface area contributed by atoms with Crippen LogP contribution >= 0.6 is 12.2 Å². The Kier molecular flexibility index (Phi) is 3.80. The lowest BCUT2D eigenvalue weighted by atomic mass is 9.95. The first-order chi connectivity index (χ1) is 9.43. The van der Waals surface area contributed by atoms with Gasteiger partial charge in [0.25, 0.3) is 0 Å². The largest absolute Gasteiger partial charge is 0.508 e. The third-order valence-corrected chi connectivity index (χ3v) is 3.22. The SMILES string of the molecule is COC(=O)C1=C(C)NC(=S)NC1c1ccc(O)cc1O. The summed E-state index contributed by atoms with van der Waals surface area (Å²) in [5.74, 6) is -0.730. The van der Waals surface area contributed by atoms with E-state index in [1.807, 2.05) is 0 Å². The van der Waals surface area contributed by atoms with Crippen molar-refractivity contribution in [1.29, 1.82) is 0 Å². The topological polar surface area (TPSA) is 90.8 Å². The van der Waals surface area contributed by atoms with Crippen LogP contribution in [0.25, 0.3) is 0 Å². The molecule has 2 rings (SSSR count). The van der Waals surface area contributed by atoms with Gasteiger partial charge in [-0.2, -0.15) is 0 Å². The minimum absolute atomic E-state index is 0.0666. The summed E-state index contributed by atoms with van der Waals surface area (Å²) in [4.78, 5) is 11.9. The molecule has 0 amide bonds. The summed E-state index contributed by atoms with van der Waals surface area (Å²) in [6.07, 6.45) is 0. The van der Waals surface area contributed by atoms with E-state index in [0.29, 0.717) is 21.9 Å².